The first-order valence-corrected chi connectivity index (χ1v) is 13.0. The van der Waals surface area contributed by atoms with Crippen molar-refractivity contribution in [3.05, 3.63) is 47.5 Å². The van der Waals surface area contributed by atoms with E-state index in [9.17, 15) is 23.9 Å². The molecule has 0 aliphatic rings. The van der Waals surface area contributed by atoms with Gasteiger partial charge in [0.05, 0.1) is 28.4 Å². The lowest BCUT2D eigenvalue weighted by molar-refractivity contribution is -0.000983. The van der Waals surface area contributed by atoms with E-state index in [0.29, 0.717) is 0 Å². The number of ketones is 2. The summed E-state index contributed by atoms with van der Waals surface area (Å²) in [4.78, 5) is 49.1. The van der Waals surface area contributed by atoms with Gasteiger partial charge < -0.3 is 34.2 Å². The largest absolute Gasteiger partial charge is 0.496 e. The molecular weight excluding hydrogens is 519 g/mol. The van der Waals surface area contributed by atoms with Crippen LogP contribution >= 0.6 is 7.82 Å². The Morgan fingerprint density at radius 1 is 0.789 bits per heavy atom. The van der Waals surface area contributed by atoms with E-state index in [-0.39, 0.29) is 46.0 Å². The van der Waals surface area contributed by atoms with Crippen LogP contribution < -0.4 is 18.9 Å². The molecule has 11 nitrogen and oxygen atoms in total. The quantitative estimate of drug-likeness (QED) is 0.222. The minimum Gasteiger partial charge on any atom is -0.496 e. The summed E-state index contributed by atoms with van der Waals surface area (Å²) in [7, 11) is -0.174. The van der Waals surface area contributed by atoms with Crippen LogP contribution in [0.4, 0.5) is 0 Å². The highest BCUT2D eigenvalue weighted by molar-refractivity contribution is 7.46. The van der Waals surface area contributed by atoms with Gasteiger partial charge in [0, 0.05) is 5.92 Å². The summed E-state index contributed by atoms with van der Waals surface area (Å²) >= 11 is 0. The van der Waals surface area contributed by atoms with Crippen LogP contribution in [0.2, 0.25) is 0 Å². The maximum absolute atomic E-state index is 14.5. The summed E-state index contributed by atoms with van der Waals surface area (Å²) in [5.41, 5.74) is -3.61. The van der Waals surface area contributed by atoms with Crippen molar-refractivity contribution in [2.45, 2.75) is 39.7 Å². The average molecular weight is 557 g/mol. The minimum absolute atomic E-state index is 0. The van der Waals surface area contributed by atoms with Gasteiger partial charge >= 0.3 is 7.82 Å². The summed E-state index contributed by atoms with van der Waals surface area (Å²) in [5.74, 6) is -3.00. The van der Waals surface area contributed by atoms with Crippen molar-refractivity contribution in [3.8, 4) is 23.0 Å². The molecule has 2 aromatic carbocycles. The second-order valence-corrected chi connectivity index (χ2v) is 10.9. The van der Waals surface area contributed by atoms with Crippen LogP contribution in [-0.4, -0.2) is 60.9 Å². The third kappa shape index (κ3) is 6.92. The number of hydrogen-bond acceptors (Lipinski definition) is 8. The molecule has 0 fully saturated rings. The van der Waals surface area contributed by atoms with Gasteiger partial charge in [0.2, 0.25) is 17.2 Å². The van der Waals surface area contributed by atoms with Gasteiger partial charge in [-0.15, -0.1) is 0 Å². The maximum atomic E-state index is 14.5. The summed E-state index contributed by atoms with van der Waals surface area (Å²) in [6.45, 7) is 7.14. The summed E-state index contributed by atoms with van der Waals surface area (Å²) in [5, 5.41) is 0. The lowest BCUT2D eigenvalue weighted by Gasteiger charge is -2.39. The number of methoxy groups -OCH3 is 4. The van der Waals surface area contributed by atoms with Gasteiger partial charge in [0.1, 0.15) is 34.1 Å². The van der Waals surface area contributed by atoms with Gasteiger partial charge in [-0.25, -0.2) is 4.57 Å². The second kappa shape index (κ2) is 12.7. The number of rotatable bonds is 12. The van der Waals surface area contributed by atoms with Crippen molar-refractivity contribution in [1.82, 2.24) is 0 Å². The van der Waals surface area contributed by atoms with Crippen LogP contribution in [0, 0.1) is 11.3 Å². The Hall–Kier alpha value is -2.95. The summed E-state index contributed by atoms with van der Waals surface area (Å²) in [6, 6.07) is 9.04. The minimum atomic E-state index is -5.45. The van der Waals surface area contributed by atoms with Gasteiger partial charge in [-0.3, -0.25) is 14.1 Å². The molecule has 0 aliphatic carbocycles. The van der Waals surface area contributed by atoms with Crippen molar-refractivity contribution in [2.24, 2.45) is 11.3 Å². The van der Waals surface area contributed by atoms with Gasteiger partial charge in [-0.2, -0.15) is 0 Å². The molecule has 0 aliphatic heterocycles. The van der Waals surface area contributed by atoms with Crippen LogP contribution in [-0.2, 0) is 9.09 Å². The van der Waals surface area contributed by atoms with E-state index in [0.717, 1.165) is 0 Å². The number of hydrogen-bond donors (Lipinski definition) is 2. The Bertz CT molecular complexity index is 1070. The highest BCUT2D eigenvalue weighted by Crippen LogP contribution is 2.51. The molecular formula is C26H37O11P. The highest BCUT2D eigenvalue weighted by Gasteiger charge is 2.58. The molecule has 0 radical (unpaired) electrons. The van der Waals surface area contributed by atoms with E-state index < -0.39 is 36.3 Å². The number of ether oxygens (including phenoxy) is 4. The van der Waals surface area contributed by atoms with E-state index in [4.69, 9.17) is 23.5 Å². The van der Waals surface area contributed by atoms with Gasteiger partial charge in [0.15, 0.2) is 0 Å². The van der Waals surface area contributed by atoms with Gasteiger partial charge in [0.25, 0.3) is 0 Å². The van der Waals surface area contributed by atoms with Crippen LogP contribution in [0.25, 0.3) is 0 Å². The van der Waals surface area contributed by atoms with Crippen LogP contribution in [0.5, 0.6) is 23.0 Å². The number of phosphoric acid groups is 1. The summed E-state index contributed by atoms with van der Waals surface area (Å²) < 4.78 is 39.3. The Morgan fingerprint density at radius 3 is 1.34 bits per heavy atom. The van der Waals surface area contributed by atoms with Crippen molar-refractivity contribution in [3.63, 3.8) is 0 Å². The van der Waals surface area contributed by atoms with Crippen molar-refractivity contribution < 1.29 is 52.9 Å². The lowest BCUT2D eigenvalue weighted by atomic mass is 9.70. The number of phosphoric ester groups is 1. The van der Waals surface area contributed by atoms with E-state index in [1.165, 1.54) is 59.6 Å². The van der Waals surface area contributed by atoms with Gasteiger partial charge in [-0.1, -0.05) is 39.8 Å². The SMILES string of the molecule is COc1cccc(OC)c1C(=O)C(OP(=O)(O)O)(C(=O)c1c(OC)cccc1OC)C(C)CC(C)(C)C.O. The van der Waals surface area contributed by atoms with Crippen molar-refractivity contribution >= 4 is 19.4 Å². The second-order valence-electron chi connectivity index (χ2n) is 9.72. The molecule has 1 unspecified atom stereocenters. The number of carbonyl (C=O) groups is 2. The number of benzene rings is 2. The van der Waals surface area contributed by atoms with Crippen LogP contribution in [0.1, 0.15) is 54.8 Å². The zero-order valence-corrected chi connectivity index (χ0v) is 23.8. The molecule has 212 valence electrons. The molecule has 4 N–H and O–H groups in total. The Kier molecular flexibility index (Phi) is 11.1. The van der Waals surface area contributed by atoms with E-state index in [1.54, 1.807) is 12.1 Å². The molecule has 12 heteroatoms. The first-order chi connectivity index (χ1) is 17.2. The molecule has 0 amide bonds. The fraction of sp³-hybridized carbons (Fsp3) is 0.462. The normalized spacial score (nSPS) is 12.7. The predicted octanol–water partition coefficient (Wildman–Crippen LogP) is 3.88. The third-order valence-corrected chi connectivity index (χ3v) is 6.39. The van der Waals surface area contributed by atoms with Gasteiger partial charge in [-0.05, 0) is 36.1 Å². The molecule has 0 saturated heterocycles. The van der Waals surface area contributed by atoms with E-state index in [2.05, 4.69) is 0 Å². The highest BCUT2D eigenvalue weighted by atomic mass is 31.2. The van der Waals surface area contributed by atoms with Crippen molar-refractivity contribution in [1.29, 1.82) is 0 Å². The smallest absolute Gasteiger partial charge is 0.471 e. The molecule has 2 aromatic rings. The monoisotopic (exact) mass is 556 g/mol. The van der Waals surface area contributed by atoms with Crippen molar-refractivity contribution in [2.75, 3.05) is 28.4 Å². The lowest BCUT2D eigenvalue weighted by Crippen LogP contribution is -2.54. The molecule has 38 heavy (non-hydrogen) atoms. The third-order valence-electron chi connectivity index (χ3n) is 5.86. The van der Waals surface area contributed by atoms with Crippen LogP contribution in [0.3, 0.4) is 0 Å². The zero-order valence-electron chi connectivity index (χ0n) is 22.9. The molecule has 0 saturated carbocycles. The molecule has 2 rings (SSSR count). The van der Waals surface area contributed by atoms with E-state index in [1.807, 2.05) is 20.8 Å². The molecule has 1 atom stereocenters. The average Bonchev–Trinajstić information content (AvgIpc) is 2.83. The Morgan fingerprint density at radius 2 is 1.11 bits per heavy atom. The molecule has 0 spiro atoms. The fourth-order valence-corrected chi connectivity index (χ4v) is 5.22. The molecule has 0 bridgehead atoms. The number of Topliss-reactive ketones (excluding diaryl/α,β-unsaturated/α-hetero) is 2. The fourth-order valence-electron chi connectivity index (χ4n) is 4.49. The molecule has 0 aromatic heterocycles. The summed E-state index contributed by atoms with van der Waals surface area (Å²) in [6.07, 6.45) is 0.166. The standard InChI is InChI=1S/C26H35O10P.H2O/c1-16(15-25(2,3)4)26(36-37(29,30)31,23(27)21-17(32-5)11-9-12-18(21)33-6)24(28)22-19(34-7)13-10-14-20(22)35-8;/h9-14,16H,15H2,1-8H3,(H2,29,30,31);1H2. The predicted molar refractivity (Wildman–Crippen MR) is 140 cm³/mol. The first-order valence-electron chi connectivity index (χ1n) is 11.4. The Balaban J connectivity index is 0.00000722. The topological polar surface area (TPSA) is 169 Å². The molecule has 0 heterocycles. The zero-order chi connectivity index (χ0) is 28.2. The Labute approximate surface area is 222 Å². The number of carbonyl (C=O) groups excluding carboxylic acids is 2. The van der Waals surface area contributed by atoms with E-state index >= 15 is 0 Å². The first kappa shape index (κ1) is 33.1. The maximum Gasteiger partial charge on any atom is 0.471 e. The van der Waals surface area contributed by atoms with Crippen LogP contribution in [0.15, 0.2) is 36.4 Å².